The van der Waals surface area contributed by atoms with Crippen LogP contribution < -0.4 is 30.7 Å². The highest BCUT2D eigenvalue weighted by atomic mass is 16.5. The van der Waals surface area contributed by atoms with Gasteiger partial charge in [-0.15, -0.1) is 0 Å². The Morgan fingerprint density at radius 2 is 1.59 bits per heavy atom. The maximum Gasteiger partial charge on any atom is 0.319 e. The average molecular weight is 437 g/mol. The summed E-state index contributed by atoms with van der Waals surface area (Å²) in [5, 5.41) is 12.0. The van der Waals surface area contributed by atoms with E-state index < -0.39 is 0 Å². The number of aryl methyl sites for hydroxylation is 2. The zero-order valence-electron chi connectivity index (χ0n) is 18.7. The first-order valence-corrected chi connectivity index (χ1v) is 10.2. The molecule has 0 fully saturated rings. The summed E-state index contributed by atoms with van der Waals surface area (Å²) in [5.41, 5.74) is 3.57. The molecule has 3 aromatic rings. The van der Waals surface area contributed by atoms with Gasteiger partial charge in [0.2, 0.25) is 5.95 Å². The summed E-state index contributed by atoms with van der Waals surface area (Å²) in [6, 6.07) is 14.8. The third kappa shape index (κ3) is 6.49. The monoisotopic (exact) mass is 436 g/mol. The Bertz CT molecular complexity index is 1060. The van der Waals surface area contributed by atoms with Crippen LogP contribution in [0.2, 0.25) is 0 Å². The van der Waals surface area contributed by atoms with Crippen LogP contribution in [0.25, 0.3) is 0 Å². The normalized spacial score (nSPS) is 10.2. The Morgan fingerprint density at radius 1 is 0.875 bits per heavy atom. The van der Waals surface area contributed by atoms with Crippen molar-refractivity contribution < 1.29 is 14.3 Å². The summed E-state index contributed by atoms with van der Waals surface area (Å²) < 4.78 is 10.4. The first-order chi connectivity index (χ1) is 15.5. The highest BCUT2D eigenvalue weighted by Crippen LogP contribution is 2.29. The van der Waals surface area contributed by atoms with Crippen LogP contribution in [0, 0.1) is 13.8 Å². The molecule has 168 valence electrons. The second kappa shape index (κ2) is 10.9. The fourth-order valence-corrected chi connectivity index (χ4v) is 2.94. The number of benzene rings is 2. The van der Waals surface area contributed by atoms with Crippen LogP contribution in [0.3, 0.4) is 0 Å². The summed E-state index contributed by atoms with van der Waals surface area (Å²) in [5.74, 6) is 2.32. The van der Waals surface area contributed by atoms with Crippen molar-refractivity contribution in [2.45, 2.75) is 13.8 Å². The van der Waals surface area contributed by atoms with E-state index in [4.69, 9.17) is 9.47 Å². The predicted octanol–water partition coefficient (Wildman–Crippen LogP) is 4.09. The molecule has 1 aromatic heterocycles. The van der Waals surface area contributed by atoms with Crippen LogP contribution in [-0.2, 0) is 0 Å². The zero-order chi connectivity index (χ0) is 22.9. The van der Waals surface area contributed by atoms with E-state index in [0.29, 0.717) is 42.0 Å². The van der Waals surface area contributed by atoms with Gasteiger partial charge in [-0.1, -0.05) is 17.7 Å². The van der Waals surface area contributed by atoms with Crippen LogP contribution in [0.4, 0.5) is 27.9 Å². The number of nitrogens with zero attached hydrogens (tertiary/aromatic N) is 2. The van der Waals surface area contributed by atoms with Crippen LogP contribution >= 0.6 is 0 Å². The van der Waals surface area contributed by atoms with Crippen molar-refractivity contribution in [2.75, 3.05) is 43.3 Å². The maximum atomic E-state index is 12.1. The Balaban J connectivity index is 1.48. The zero-order valence-corrected chi connectivity index (χ0v) is 18.7. The molecular formula is C23H28N6O3. The third-order valence-corrected chi connectivity index (χ3v) is 4.51. The SMILES string of the molecule is COc1ccc(NC(=O)NCCNc2nc(C)cc(Nc3ccc(C)cc3)n2)cc1OC. The summed E-state index contributed by atoms with van der Waals surface area (Å²) in [7, 11) is 3.10. The van der Waals surface area contributed by atoms with Gasteiger partial charge in [-0.25, -0.2) is 9.78 Å². The lowest BCUT2D eigenvalue weighted by molar-refractivity contribution is 0.252. The van der Waals surface area contributed by atoms with E-state index in [0.717, 1.165) is 11.4 Å². The molecule has 9 heteroatoms. The number of carbonyl (C=O) groups excluding carboxylic acids is 1. The van der Waals surface area contributed by atoms with Crippen molar-refractivity contribution in [3.63, 3.8) is 0 Å². The lowest BCUT2D eigenvalue weighted by Crippen LogP contribution is -2.32. The lowest BCUT2D eigenvalue weighted by atomic mass is 10.2. The van der Waals surface area contributed by atoms with Gasteiger partial charge in [0.15, 0.2) is 11.5 Å². The summed E-state index contributed by atoms with van der Waals surface area (Å²) in [4.78, 5) is 21.0. The highest BCUT2D eigenvalue weighted by molar-refractivity contribution is 5.89. The molecule has 4 N–H and O–H groups in total. The van der Waals surface area contributed by atoms with Gasteiger partial charge in [0.1, 0.15) is 5.82 Å². The molecule has 2 aromatic carbocycles. The minimum Gasteiger partial charge on any atom is -0.493 e. The number of urea groups is 1. The van der Waals surface area contributed by atoms with Crippen LogP contribution in [0.1, 0.15) is 11.3 Å². The van der Waals surface area contributed by atoms with E-state index in [-0.39, 0.29) is 6.03 Å². The van der Waals surface area contributed by atoms with Gasteiger partial charge in [0, 0.05) is 42.3 Å². The largest absolute Gasteiger partial charge is 0.493 e. The van der Waals surface area contributed by atoms with Crippen LogP contribution in [-0.4, -0.2) is 43.3 Å². The number of hydrogen-bond donors (Lipinski definition) is 4. The molecule has 0 atom stereocenters. The van der Waals surface area contributed by atoms with E-state index in [1.165, 1.54) is 5.56 Å². The van der Waals surface area contributed by atoms with Crippen molar-refractivity contribution in [2.24, 2.45) is 0 Å². The molecule has 3 rings (SSSR count). The molecule has 2 amide bonds. The first kappa shape index (κ1) is 22.7. The Kier molecular flexibility index (Phi) is 7.69. The molecule has 0 unspecified atom stereocenters. The van der Waals surface area contributed by atoms with Crippen LogP contribution in [0.5, 0.6) is 11.5 Å². The van der Waals surface area contributed by atoms with E-state index in [1.54, 1.807) is 32.4 Å². The average Bonchev–Trinajstić information content (AvgIpc) is 2.78. The van der Waals surface area contributed by atoms with E-state index >= 15 is 0 Å². The topological polar surface area (TPSA) is 109 Å². The van der Waals surface area contributed by atoms with E-state index in [1.807, 2.05) is 44.2 Å². The fraction of sp³-hybridized carbons (Fsp3) is 0.261. The number of aromatic nitrogens is 2. The molecule has 0 spiro atoms. The number of rotatable bonds is 9. The van der Waals surface area contributed by atoms with Gasteiger partial charge < -0.3 is 30.7 Å². The molecule has 32 heavy (non-hydrogen) atoms. The molecule has 0 radical (unpaired) electrons. The Labute approximate surface area is 187 Å². The van der Waals surface area contributed by atoms with Crippen molar-refractivity contribution in [3.8, 4) is 11.5 Å². The van der Waals surface area contributed by atoms with Gasteiger partial charge >= 0.3 is 6.03 Å². The van der Waals surface area contributed by atoms with Crippen molar-refractivity contribution >= 4 is 29.2 Å². The molecular weight excluding hydrogens is 408 g/mol. The quantitative estimate of drug-likeness (QED) is 0.374. The van der Waals surface area contributed by atoms with Crippen molar-refractivity contribution in [3.05, 3.63) is 59.8 Å². The second-order valence-corrected chi connectivity index (χ2v) is 7.09. The fourth-order valence-electron chi connectivity index (χ4n) is 2.94. The number of methoxy groups -OCH3 is 2. The smallest absolute Gasteiger partial charge is 0.319 e. The van der Waals surface area contributed by atoms with E-state index in [2.05, 4.69) is 31.2 Å². The van der Waals surface area contributed by atoms with Gasteiger partial charge in [-0.2, -0.15) is 4.98 Å². The summed E-state index contributed by atoms with van der Waals surface area (Å²) in [6.07, 6.45) is 0. The highest BCUT2D eigenvalue weighted by Gasteiger charge is 2.07. The molecule has 9 nitrogen and oxygen atoms in total. The minimum atomic E-state index is -0.328. The maximum absolute atomic E-state index is 12.1. The predicted molar refractivity (Wildman–Crippen MR) is 126 cm³/mol. The molecule has 0 aliphatic carbocycles. The summed E-state index contributed by atoms with van der Waals surface area (Å²) in [6.45, 7) is 4.80. The van der Waals surface area contributed by atoms with Crippen LogP contribution in [0.15, 0.2) is 48.5 Å². The van der Waals surface area contributed by atoms with Gasteiger partial charge in [0.05, 0.1) is 14.2 Å². The molecule has 0 saturated carbocycles. The van der Waals surface area contributed by atoms with Gasteiger partial charge in [0.25, 0.3) is 0 Å². The standard InChI is InChI=1S/C23H28N6O3/c1-15-5-7-17(8-6-15)27-21-13-16(2)26-22(29-21)24-11-12-25-23(30)28-18-9-10-19(31-3)20(14-18)32-4/h5-10,13-14H,11-12H2,1-4H3,(H2,25,28,30)(H2,24,26,27,29). The van der Waals surface area contributed by atoms with Crippen molar-refractivity contribution in [1.82, 2.24) is 15.3 Å². The van der Waals surface area contributed by atoms with E-state index in [9.17, 15) is 4.79 Å². The Morgan fingerprint density at radius 3 is 2.31 bits per heavy atom. The summed E-state index contributed by atoms with van der Waals surface area (Å²) >= 11 is 0. The lowest BCUT2D eigenvalue weighted by Gasteiger charge is -2.12. The van der Waals surface area contributed by atoms with Gasteiger partial charge in [-0.3, -0.25) is 0 Å². The molecule has 0 bridgehead atoms. The number of nitrogens with one attached hydrogen (secondary N) is 4. The first-order valence-electron chi connectivity index (χ1n) is 10.2. The number of anilines is 4. The number of carbonyl (C=O) groups is 1. The molecule has 1 heterocycles. The molecule has 0 aliphatic rings. The van der Waals surface area contributed by atoms with Crippen molar-refractivity contribution in [1.29, 1.82) is 0 Å². The minimum absolute atomic E-state index is 0.328. The molecule has 0 aliphatic heterocycles. The number of amides is 2. The Hall–Kier alpha value is -4.01. The second-order valence-electron chi connectivity index (χ2n) is 7.09. The number of ether oxygens (including phenoxy) is 2. The molecule has 0 saturated heterocycles. The van der Waals surface area contributed by atoms with Gasteiger partial charge in [-0.05, 0) is 38.1 Å². The number of hydrogen-bond acceptors (Lipinski definition) is 7. The third-order valence-electron chi connectivity index (χ3n) is 4.51.